The monoisotopic (exact) mass is 269 g/mol. The molecule has 0 aromatic carbocycles. The zero-order valence-corrected chi connectivity index (χ0v) is 11.6. The maximum atomic E-state index is 12.0. The molecule has 1 N–H and O–H groups in total. The number of aliphatic carboxylic acids is 1. The van der Waals surface area contributed by atoms with Crippen molar-refractivity contribution in [1.82, 2.24) is 4.90 Å². The minimum absolute atomic E-state index is 0.127. The van der Waals surface area contributed by atoms with E-state index in [0.29, 0.717) is 25.8 Å². The van der Waals surface area contributed by atoms with Crippen LogP contribution in [0.5, 0.6) is 0 Å². The molecule has 0 radical (unpaired) electrons. The van der Waals surface area contributed by atoms with Gasteiger partial charge in [0.05, 0.1) is 0 Å². The Hall–Kier alpha value is -1.39. The molecule has 19 heavy (non-hydrogen) atoms. The first kappa shape index (κ1) is 15.7. The van der Waals surface area contributed by atoms with E-state index in [9.17, 15) is 14.4 Å². The first-order valence-corrected chi connectivity index (χ1v) is 7.11. The maximum Gasteiger partial charge on any atom is 0.303 e. The van der Waals surface area contributed by atoms with Crippen molar-refractivity contribution in [3.8, 4) is 0 Å². The summed E-state index contributed by atoms with van der Waals surface area (Å²) in [4.78, 5) is 35.7. The zero-order valence-electron chi connectivity index (χ0n) is 11.6. The van der Waals surface area contributed by atoms with Gasteiger partial charge in [0.1, 0.15) is 0 Å². The van der Waals surface area contributed by atoms with Crippen molar-refractivity contribution in [3.63, 3.8) is 0 Å². The van der Waals surface area contributed by atoms with Crippen molar-refractivity contribution in [3.05, 3.63) is 0 Å². The average Bonchev–Trinajstić information content (AvgIpc) is 2.82. The van der Waals surface area contributed by atoms with Crippen molar-refractivity contribution >= 4 is 17.7 Å². The topological polar surface area (TPSA) is 74.7 Å². The Kier molecular flexibility index (Phi) is 6.53. The summed E-state index contributed by atoms with van der Waals surface area (Å²) in [6.45, 7) is 2.55. The number of nitrogens with zero attached hydrogens (tertiary/aromatic N) is 1. The fourth-order valence-corrected chi connectivity index (χ4v) is 2.55. The molecule has 0 unspecified atom stereocenters. The Morgan fingerprint density at radius 1 is 1.21 bits per heavy atom. The van der Waals surface area contributed by atoms with Crippen LogP contribution >= 0.6 is 0 Å². The second kappa shape index (κ2) is 7.92. The smallest absolute Gasteiger partial charge is 0.303 e. The highest BCUT2D eigenvalue weighted by atomic mass is 16.4. The minimum Gasteiger partial charge on any atom is -0.481 e. The Labute approximate surface area is 114 Å². The largest absolute Gasteiger partial charge is 0.481 e. The van der Waals surface area contributed by atoms with Gasteiger partial charge in [-0.1, -0.05) is 13.3 Å². The maximum absolute atomic E-state index is 12.0. The number of Topliss-reactive ketones (excluding diaryl/α,β-unsaturated/α-hetero) is 1. The highest BCUT2D eigenvalue weighted by molar-refractivity contribution is 6.36. The molecule has 0 aromatic heterocycles. The van der Waals surface area contributed by atoms with Gasteiger partial charge < -0.3 is 10.0 Å². The van der Waals surface area contributed by atoms with E-state index >= 15 is 0 Å². The average molecular weight is 269 g/mol. The quantitative estimate of drug-likeness (QED) is 0.540. The van der Waals surface area contributed by atoms with Crippen LogP contribution in [0.25, 0.3) is 0 Å². The van der Waals surface area contributed by atoms with E-state index in [1.54, 1.807) is 4.90 Å². The lowest BCUT2D eigenvalue weighted by molar-refractivity contribution is -0.145. The molecular formula is C14H23NO4. The van der Waals surface area contributed by atoms with Gasteiger partial charge in [0.2, 0.25) is 5.78 Å². The molecule has 0 bridgehead atoms. The van der Waals surface area contributed by atoms with E-state index < -0.39 is 5.97 Å². The van der Waals surface area contributed by atoms with Crippen LogP contribution in [0.3, 0.4) is 0 Å². The summed E-state index contributed by atoms with van der Waals surface area (Å²) in [6.07, 6.45) is 5.29. The standard InChI is InChI=1S/C14H23NO4/c1-2-6-12(16)14(19)15-10-5-8-11(15)7-3-4-9-13(17)18/h11H,2-10H2,1H3,(H,17,18)/t11-/m0/s1. The molecule has 0 saturated carbocycles. The first-order valence-electron chi connectivity index (χ1n) is 7.11. The van der Waals surface area contributed by atoms with E-state index in [2.05, 4.69) is 0 Å². The summed E-state index contributed by atoms with van der Waals surface area (Å²) in [7, 11) is 0. The molecule has 1 saturated heterocycles. The lowest BCUT2D eigenvalue weighted by Crippen LogP contribution is -2.39. The van der Waals surface area contributed by atoms with Crippen LogP contribution in [-0.4, -0.2) is 40.3 Å². The second-order valence-electron chi connectivity index (χ2n) is 5.11. The van der Waals surface area contributed by atoms with Crippen LogP contribution in [0.2, 0.25) is 0 Å². The van der Waals surface area contributed by atoms with Crippen LogP contribution in [0.4, 0.5) is 0 Å². The Balaban J connectivity index is 2.38. The van der Waals surface area contributed by atoms with E-state index in [0.717, 1.165) is 25.7 Å². The summed E-state index contributed by atoms with van der Waals surface area (Å²) in [5.41, 5.74) is 0. The summed E-state index contributed by atoms with van der Waals surface area (Å²) < 4.78 is 0. The molecule has 0 spiro atoms. The molecule has 0 aliphatic carbocycles. The molecule has 108 valence electrons. The number of hydrogen-bond acceptors (Lipinski definition) is 3. The molecule has 1 amide bonds. The van der Waals surface area contributed by atoms with Crippen molar-refractivity contribution in [2.75, 3.05) is 6.54 Å². The third-order valence-electron chi connectivity index (χ3n) is 3.53. The van der Waals surface area contributed by atoms with Gasteiger partial charge in [-0.25, -0.2) is 0 Å². The molecule has 5 nitrogen and oxygen atoms in total. The van der Waals surface area contributed by atoms with Gasteiger partial charge in [-0.15, -0.1) is 0 Å². The summed E-state index contributed by atoms with van der Waals surface area (Å²) in [5.74, 6) is -1.42. The number of amides is 1. The van der Waals surface area contributed by atoms with Crippen LogP contribution in [-0.2, 0) is 14.4 Å². The molecule has 1 heterocycles. The third-order valence-corrected chi connectivity index (χ3v) is 3.53. The third kappa shape index (κ3) is 5.01. The SMILES string of the molecule is CCCC(=O)C(=O)N1CCC[C@@H]1CCCCC(=O)O. The predicted octanol–water partition coefficient (Wildman–Crippen LogP) is 1.99. The van der Waals surface area contributed by atoms with Gasteiger partial charge in [0.15, 0.2) is 0 Å². The van der Waals surface area contributed by atoms with Gasteiger partial charge in [0.25, 0.3) is 5.91 Å². The van der Waals surface area contributed by atoms with Gasteiger partial charge in [-0.2, -0.15) is 0 Å². The van der Waals surface area contributed by atoms with Crippen LogP contribution in [0.1, 0.15) is 58.3 Å². The van der Waals surface area contributed by atoms with Crippen LogP contribution < -0.4 is 0 Å². The van der Waals surface area contributed by atoms with Gasteiger partial charge in [-0.3, -0.25) is 14.4 Å². The van der Waals surface area contributed by atoms with E-state index in [4.69, 9.17) is 5.11 Å². The number of rotatable bonds is 8. The molecule has 1 fully saturated rings. The van der Waals surface area contributed by atoms with E-state index in [-0.39, 0.29) is 24.2 Å². The highest BCUT2D eigenvalue weighted by Crippen LogP contribution is 2.23. The zero-order chi connectivity index (χ0) is 14.3. The Bertz CT molecular complexity index is 340. The number of likely N-dealkylation sites (tertiary alicyclic amines) is 1. The lowest BCUT2D eigenvalue weighted by atomic mass is 10.1. The van der Waals surface area contributed by atoms with Gasteiger partial charge in [0, 0.05) is 25.4 Å². The molecule has 1 aliphatic rings. The van der Waals surface area contributed by atoms with Crippen molar-refractivity contribution in [2.24, 2.45) is 0 Å². The summed E-state index contributed by atoms with van der Waals surface area (Å²) >= 11 is 0. The van der Waals surface area contributed by atoms with Crippen LogP contribution in [0, 0.1) is 0 Å². The van der Waals surface area contributed by atoms with Crippen LogP contribution in [0.15, 0.2) is 0 Å². The summed E-state index contributed by atoms with van der Waals surface area (Å²) in [5, 5.41) is 8.57. The van der Waals surface area contributed by atoms with Crippen molar-refractivity contribution < 1.29 is 19.5 Å². The highest BCUT2D eigenvalue weighted by Gasteiger charge is 2.31. The second-order valence-corrected chi connectivity index (χ2v) is 5.11. The fraction of sp³-hybridized carbons (Fsp3) is 0.786. The first-order chi connectivity index (χ1) is 9.06. The number of hydrogen-bond donors (Lipinski definition) is 1. The molecule has 1 rings (SSSR count). The van der Waals surface area contributed by atoms with Gasteiger partial charge >= 0.3 is 5.97 Å². The van der Waals surface area contributed by atoms with Crippen molar-refractivity contribution in [1.29, 1.82) is 0 Å². The number of unbranched alkanes of at least 4 members (excludes halogenated alkanes) is 1. The normalized spacial score (nSPS) is 18.6. The van der Waals surface area contributed by atoms with E-state index in [1.165, 1.54) is 0 Å². The number of ketones is 1. The molecular weight excluding hydrogens is 246 g/mol. The number of carbonyl (C=O) groups excluding carboxylic acids is 2. The Morgan fingerprint density at radius 3 is 2.58 bits per heavy atom. The number of carboxylic acids is 1. The molecule has 1 atom stereocenters. The number of carboxylic acid groups (broad SMARTS) is 1. The molecule has 5 heteroatoms. The lowest BCUT2D eigenvalue weighted by Gasteiger charge is -2.24. The van der Waals surface area contributed by atoms with E-state index in [1.807, 2.05) is 6.92 Å². The predicted molar refractivity (Wildman–Crippen MR) is 70.8 cm³/mol. The minimum atomic E-state index is -0.780. The van der Waals surface area contributed by atoms with Gasteiger partial charge in [-0.05, 0) is 32.1 Å². The summed E-state index contributed by atoms with van der Waals surface area (Å²) in [6, 6.07) is 0.127. The molecule has 0 aromatic rings. The van der Waals surface area contributed by atoms with Crippen molar-refractivity contribution in [2.45, 2.75) is 64.3 Å². The number of carbonyl (C=O) groups is 3. The Morgan fingerprint density at radius 2 is 1.95 bits per heavy atom. The fourth-order valence-electron chi connectivity index (χ4n) is 2.55. The molecule has 1 aliphatic heterocycles.